The summed E-state index contributed by atoms with van der Waals surface area (Å²) in [4.78, 5) is 26.8. The Hall–Kier alpha value is -3.01. The van der Waals surface area contributed by atoms with E-state index in [-0.39, 0.29) is 23.5 Å². The third-order valence-corrected chi connectivity index (χ3v) is 6.39. The van der Waals surface area contributed by atoms with Gasteiger partial charge in [0.2, 0.25) is 11.8 Å². The summed E-state index contributed by atoms with van der Waals surface area (Å²) < 4.78 is 11.0. The van der Waals surface area contributed by atoms with Gasteiger partial charge in [-0.2, -0.15) is 0 Å². The van der Waals surface area contributed by atoms with Crippen molar-refractivity contribution in [3.8, 4) is 11.5 Å². The molecule has 2 amide bonds. The molecule has 2 aliphatic heterocycles. The Balaban J connectivity index is 1.26. The van der Waals surface area contributed by atoms with E-state index in [4.69, 9.17) is 9.47 Å². The number of fused-ring (bicyclic) bond motifs is 1. The van der Waals surface area contributed by atoms with E-state index >= 15 is 0 Å². The Morgan fingerprint density at radius 2 is 2.00 bits per heavy atom. The second-order valence-corrected chi connectivity index (χ2v) is 9.00. The standard InChI is InChI=1S/C23H29N5O4S/c1-2-9-24-23(30)16-4-3-10-28(14-16)20-7-8-22(27-26-20)33-15-21(29)25-17-5-6-18-19(13-17)32-12-11-31-18/h5-8,13,16H,2-4,9-12,14-15H2,1H3,(H,24,30)(H,25,29). The number of nitrogens with one attached hydrogen (secondary N) is 2. The van der Waals surface area contributed by atoms with Gasteiger partial charge in [-0.05, 0) is 43.5 Å². The van der Waals surface area contributed by atoms with Crippen LogP contribution in [0.5, 0.6) is 11.5 Å². The van der Waals surface area contributed by atoms with Gasteiger partial charge >= 0.3 is 0 Å². The summed E-state index contributed by atoms with van der Waals surface area (Å²) in [7, 11) is 0. The van der Waals surface area contributed by atoms with Crippen LogP contribution < -0.4 is 25.0 Å². The molecule has 33 heavy (non-hydrogen) atoms. The van der Waals surface area contributed by atoms with Crippen molar-refractivity contribution in [2.45, 2.75) is 31.2 Å². The van der Waals surface area contributed by atoms with Crippen LogP contribution in [0.4, 0.5) is 11.5 Å². The number of benzene rings is 1. The number of anilines is 2. The van der Waals surface area contributed by atoms with Gasteiger partial charge in [0, 0.05) is 31.4 Å². The summed E-state index contributed by atoms with van der Waals surface area (Å²) in [6, 6.07) is 9.12. The van der Waals surface area contributed by atoms with Crippen LogP contribution in [0.2, 0.25) is 0 Å². The number of hydrogen-bond donors (Lipinski definition) is 2. The average molecular weight is 472 g/mol. The molecular formula is C23H29N5O4S. The number of hydrogen-bond acceptors (Lipinski definition) is 8. The van der Waals surface area contributed by atoms with Crippen molar-refractivity contribution in [2.75, 3.05) is 48.8 Å². The van der Waals surface area contributed by atoms with Crippen molar-refractivity contribution in [2.24, 2.45) is 5.92 Å². The maximum absolute atomic E-state index is 12.3. The molecule has 0 bridgehead atoms. The summed E-state index contributed by atoms with van der Waals surface area (Å²) in [6.07, 6.45) is 2.77. The van der Waals surface area contributed by atoms with Gasteiger partial charge in [-0.3, -0.25) is 9.59 Å². The van der Waals surface area contributed by atoms with E-state index in [9.17, 15) is 9.59 Å². The van der Waals surface area contributed by atoms with Gasteiger partial charge in [0.15, 0.2) is 17.3 Å². The molecule has 10 heteroatoms. The minimum absolute atomic E-state index is 0.0228. The van der Waals surface area contributed by atoms with Crippen LogP contribution in [0.3, 0.4) is 0 Å². The highest BCUT2D eigenvalue weighted by atomic mass is 32.2. The van der Waals surface area contributed by atoms with E-state index in [2.05, 4.69) is 25.7 Å². The third-order valence-electron chi connectivity index (χ3n) is 5.47. The lowest BCUT2D eigenvalue weighted by molar-refractivity contribution is -0.125. The van der Waals surface area contributed by atoms with Gasteiger partial charge < -0.3 is 25.0 Å². The first-order valence-electron chi connectivity index (χ1n) is 11.3. The smallest absolute Gasteiger partial charge is 0.234 e. The van der Waals surface area contributed by atoms with Gasteiger partial charge in [-0.1, -0.05) is 18.7 Å². The van der Waals surface area contributed by atoms with E-state index < -0.39 is 0 Å². The summed E-state index contributed by atoms with van der Waals surface area (Å²) >= 11 is 1.32. The number of ether oxygens (including phenoxy) is 2. The minimum atomic E-state index is -0.139. The quantitative estimate of drug-likeness (QED) is 0.566. The monoisotopic (exact) mass is 471 g/mol. The second-order valence-electron chi connectivity index (χ2n) is 8.00. The molecule has 9 nitrogen and oxygen atoms in total. The van der Waals surface area contributed by atoms with E-state index in [0.717, 1.165) is 31.6 Å². The normalized spacial score (nSPS) is 17.4. The number of carbonyl (C=O) groups is 2. The molecular weight excluding hydrogens is 442 g/mol. The topological polar surface area (TPSA) is 106 Å². The molecule has 2 aliphatic rings. The molecule has 1 saturated heterocycles. The number of piperidine rings is 1. The second kappa shape index (κ2) is 11.2. The Morgan fingerprint density at radius 1 is 1.15 bits per heavy atom. The molecule has 2 aromatic rings. The van der Waals surface area contributed by atoms with Gasteiger partial charge in [0.1, 0.15) is 18.2 Å². The van der Waals surface area contributed by atoms with Crippen LogP contribution >= 0.6 is 11.8 Å². The molecule has 0 aliphatic carbocycles. The molecule has 1 aromatic carbocycles. The van der Waals surface area contributed by atoms with Crippen LogP contribution in [-0.4, -0.2) is 60.6 Å². The number of thioether (sulfide) groups is 1. The van der Waals surface area contributed by atoms with Crippen LogP contribution in [-0.2, 0) is 9.59 Å². The molecule has 0 spiro atoms. The van der Waals surface area contributed by atoms with Crippen LogP contribution in [0.15, 0.2) is 35.4 Å². The number of amides is 2. The number of aromatic nitrogens is 2. The summed E-state index contributed by atoms with van der Waals surface area (Å²) in [5.41, 5.74) is 0.661. The first-order chi connectivity index (χ1) is 16.1. The Bertz CT molecular complexity index is 972. The summed E-state index contributed by atoms with van der Waals surface area (Å²) in [5, 5.41) is 15.1. The third kappa shape index (κ3) is 6.28. The number of rotatable bonds is 8. The Labute approximate surface area is 197 Å². The van der Waals surface area contributed by atoms with Gasteiger partial charge in [0.25, 0.3) is 0 Å². The highest BCUT2D eigenvalue weighted by molar-refractivity contribution is 7.99. The molecule has 4 rings (SSSR count). The fraction of sp³-hybridized carbons (Fsp3) is 0.478. The van der Waals surface area contributed by atoms with Crippen molar-refractivity contribution >= 4 is 35.1 Å². The zero-order valence-corrected chi connectivity index (χ0v) is 19.5. The Kier molecular flexibility index (Phi) is 7.87. The maximum Gasteiger partial charge on any atom is 0.234 e. The van der Waals surface area contributed by atoms with Crippen molar-refractivity contribution in [1.82, 2.24) is 15.5 Å². The fourth-order valence-corrected chi connectivity index (χ4v) is 4.42. The van der Waals surface area contributed by atoms with E-state index in [1.54, 1.807) is 18.2 Å². The molecule has 0 saturated carbocycles. The fourth-order valence-electron chi connectivity index (χ4n) is 3.81. The van der Waals surface area contributed by atoms with Crippen molar-refractivity contribution in [3.05, 3.63) is 30.3 Å². The molecule has 3 heterocycles. The molecule has 1 fully saturated rings. The number of nitrogens with zero attached hydrogens (tertiary/aromatic N) is 3. The zero-order chi connectivity index (χ0) is 23.0. The van der Waals surface area contributed by atoms with Gasteiger partial charge in [-0.15, -0.1) is 10.2 Å². The van der Waals surface area contributed by atoms with Crippen molar-refractivity contribution in [3.63, 3.8) is 0 Å². The number of carbonyl (C=O) groups excluding carboxylic acids is 2. The SMILES string of the molecule is CCCNC(=O)C1CCCN(c2ccc(SCC(=O)Nc3ccc4c(c3)OCCO4)nn2)C1. The molecule has 1 aromatic heterocycles. The van der Waals surface area contributed by atoms with Crippen LogP contribution in [0.25, 0.3) is 0 Å². The minimum Gasteiger partial charge on any atom is -0.486 e. The maximum atomic E-state index is 12.3. The highest BCUT2D eigenvalue weighted by Crippen LogP contribution is 2.32. The highest BCUT2D eigenvalue weighted by Gasteiger charge is 2.26. The van der Waals surface area contributed by atoms with Gasteiger partial charge in [0.05, 0.1) is 11.7 Å². The first-order valence-corrected chi connectivity index (χ1v) is 12.3. The van der Waals surface area contributed by atoms with Crippen LogP contribution in [0.1, 0.15) is 26.2 Å². The predicted molar refractivity (Wildman–Crippen MR) is 127 cm³/mol. The summed E-state index contributed by atoms with van der Waals surface area (Å²) in [5.74, 6) is 2.25. The lowest BCUT2D eigenvalue weighted by atomic mass is 9.97. The van der Waals surface area contributed by atoms with E-state index in [1.807, 2.05) is 19.1 Å². The van der Waals surface area contributed by atoms with Gasteiger partial charge in [-0.25, -0.2) is 0 Å². The van der Waals surface area contributed by atoms with E-state index in [1.165, 1.54) is 11.8 Å². The van der Waals surface area contributed by atoms with E-state index in [0.29, 0.717) is 48.5 Å². The largest absolute Gasteiger partial charge is 0.486 e. The first kappa shape index (κ1) is 23.2. The lowest BCUT2D eigenvalue weighted by Crippen LogP contribution is -2.43. The van der Waals surface area contributed by atoms with Crippen LogP contribution in [0, 0.1) is 5.92 Å². The average Bonchev–Trinajstić information content (AvgIpc) is 2.86. The molecule has 2 N–H and O–H groups in total. The Morgan fingerprint density at radius 3 is 2.79 bits per heavy atom. The van der Waals surface area contributed by atoms with Crippen molar-refractivity contribution < 1.29 is 19.1 Å². The molecule has 176 valence electrons. The lowest BCUT2D eigenvalue weighted by Gasteiger charge is -2.32. The summed E-state index contributed by atoms with van der Waals surface area (Å²) in [6.45, 7) is 5.29. The molecule has 1 unspecified atom stereocenters. The zero-order valence-electron chi connectivity index (χ0n) is 18.7. The molecule has 0 radical (unpaired) electrons. The van der Waals surface area contributed by atoms with Crippen molar-refractivity contribution in [1.29, 1.82) is 0 Å². The predicted octanol–water partition coefficient (Wildman–Crippen LogP) is 2.72. The molecule has 1 atom stereocenters.